The molecule has 0 aromatic heterocycles. The molecule has 0 fully saturated rings. The SMILES string of the molecule is CC(C(=O)Nc1ccccc1[N+](=O)[O-])N(C)c1ccc2ccccc2c1. The molecule has 132 valence electrons. The minimum absolute atomic E-state index is 0.124. The molecule has 0 aliphatic rings. The van der Waals surface area contributed by atoms with Crippen molar-refractivity contribution in [3.63, 3.8) is 0 Å². The van der Waals surface area contributed by atoms with E-state index >= 15 is 0 Å². The number of benzene rings is 3. The maximum absolute atomic E-state index is 12.6. The first-order valence-corrected chi connectivity index (χ1v) is 8.23. The number of nitrogens with one attached hydrogen (secondary N) is 1. The van der Waals surface area contributed by atoms with Gasteiger partial charge in [0.25, 0.3) is 5.69 Å². The molecule has 6 nitrogen and oxygen atoms in total. The Bertz CT molecular complexity index is 971. The van der Waals surface area contributed by atoms with Gasteiger partial charge in [0.15, 0.2) is 0 Å². The molecule has 0 bridgehead atoms. The second-order valence-electron chi connectivity index (χ2n) is 6.08. The lowest BCUT2D eigenvalue weighted by molar-refractivity contribution is -0.383. The molecule has 0 spiro atoms. The maximum atomic E-state index is 12.6. The lowest BCUT2D eigenvalue weighted by atomic mass is 10.1. The molecular formula is C20H19N3O3. The topological polar surface area (TPSA) is 75.5 Å². The van der Waals surface area contributed by atoms with Gasteiger partial charge >= 0.3 is 0 Å². The van der Waals surface area contributed by atoms with Crippen LogP contribution in [0.4, 0.5) is 17.1 Å². The Morgan fingerprint density at radius 1 is 1.04 bits per heavy atom. The quantitative estimate of drug-likeness (QED) is 0.553. The van der Waals surface area contributed by atoms with Crippen molar-refractivity contribution in [2.75, 3.05) is 17.3 Å². The second kappa shape index (κ2) is 7.23. The summed E-state index contributed by atoms with van der Waals surface area (Å²) in [6.45, 7) is 1.76. The molecule has 0 saturated heterocycles. The predicted octanol–water partition coefficient (Wildman–Crippen LogP) is 4.21. The Balaban J connectivity index is 1.80. The van der Waals surface area contributed by atoms with E-state index in [0.29, 0.717) is 0 Å². The molecule has 1 atom stereocenters. The number of likely N-dealkylation sites (N-methyl/N-ethyl adjacent to an activating group) is 1. The number of para-hydroxylation sites is 2. The molecule has 0 aliphatic heterocycles. The summed E-state index contributed by atoms with van der Waals surface area (Å²) in [6.07, 6.45) is 0. The Labute approximate surface area is 151 Å². The van der Waals surface area contributed by atoms with E-state index in [2.05, 4.69) is 5.32 Å². The number of rotatable bonds is 5. The van der Waals surface area contributed by atoms with Crippen LogP contribution in [0.5, 0.6) is 0 Å². The molecule has 1 amide bonds. The minimum Gasteiger partial charge on any atom is -0.363 e. The average Bonchev–Trinajstić information content (AvgIpc) is 2.66. The Hall–Kier alpha value is -3.41. The molecule has 1 unspecified atom stereocenters. The Morgan fingerprint density at radius 3 is 2.42 bits per heavy atom. The van der Waals surface area contributed by atoms with E-state index in [9.17, 15) is 14.9 Å². The van der Waals surface area contributed by atoms with Crippen LogP contribution < -0.4 is 10.2 Å². The van der Waals surface area contributed by atoms with Crippen LogP contribution in [0.2, 0.25) is 0 Å². The predicted molar refractivity (Wildman–Crippen MR) is 104 cm³/mol. The van der Waals surface area contributed by atoms with Crippen LogP contribution in [0, 0.1) is 10.1 Å². The first-order valence-electron chi connectivity index (χ1n) is 8.23. The van der Waals surface area contributed by atoms with Gasteiger partial charge in [0.1, 0.15) is 11.7 Å². The Kier molecular flexibility index (Phi) is 4.84. The van der Waals surface area contributed by atoms with E-state index in [-0.39, 0.29) is 17.3 Å². The minimum atomic E-state index is -0.507. The molecule has 3 aromatic carbocycles. The normalized spacial score (nSPS) is 11.8. The van der Waals surface area contributed by atoms with Crippen molar-refractivity contribution in [1.82, 2.24) is 0 Å². The number of fused-ring (bicyclic) bond motifs is 1. The van der Waals surface area contributed by atoms with Gasteiger partial charge in [-0.3, -0.25) is 14.9 Å². The van der Waals surface area contributed by atoms with E-state index < -0.39 is 11.0 Å². The van der Waals surface area contributed by atoms with Crippen LogP contribution in [0.3, 0.4) is 0 Å². The zero-order valence-electron chi connectivity index (χ0n) is 14.5. The largest absolute Gasteiger partial charge is 0.363 e. The lowest BCUT2D eigenvalue weighted by Crippen LogP contribution is -2.39. The van der Waals surface area contributed by atoms with E-state index in [0.717, 1.165) is 16.5 Å². The number of anilines is 2. The van der Waals surface area contributed by atoms with E-state index in [1.54, 1.807) is 19.1 Å². The van der Waals surface area contributed by atoms with Crippen LogP contribution in [-0.4, -0.2) is 23.9 Å². The van der Waals surface area contributed by atoms with Crippen molar-refractivity contribution in [1.29, 1.82) is 0 Å². The number of carbonyl (C=O) groups excluding carboxylic acids is 1. The average molecular weight is 349 g/mol. The van der Waals surface area contributed by atoms with Crippen molar-refractivity contribution in [3.05, 3.63) is 76.8 Å². The molecular weight excluding hydrogens is 330 g/mol. The van der Waals surface area contributed by atoms with E-state index in [1.807, 2.05) is 54.4 Å². The van der Waals surface area contributed by atoms with Gasteiger partial charge in [-0.1, -0.05) is 42.5 Å². The Morgan fingerprint density at radius 2 is 1.69 bits per heavy atom. The van der Waals surface area contributed by atoms with Gasteiger partial charge in [-0.15, -0.1) is 0 Å². The van der Waals surface area contributed by atoms with Gasteiger partial charge < -0.3 is 10.2 Å². The molecule has 6 heteroatoms. The fourth-order valence-electron chi connectivity index (χ4n) is 2.77. The highest BCUT2D eigenvalue weighted by molar-refractivity contribution is 5.98. The summed E-state index contributed by atoms with van der Waals surface area (Å²) >= 11 is 0. The third-order valence-corrected chi connectivity index (χ3v) is 4.46. The summed E-state index contributed by atoms with van der Waals surface area (Å²) in [4.78, 5) is 25.0. The smallest absolute Gasteiger partial charge is 0.292 e. The van der Waals surface area contributed by atoms with Crippen molar-refractivity contribution in [2.45, 2.75) is 13.0 Å². The zero-order valence-corrected chi connectivity index (χ0v) is 14.5. The van der Waals surface area contributed by atoms with E-state index in [4.69, 9.17) is 0 Å². The third-order valence-electron chi connectivity index (χ3n) is 4.46. The summed E-state index contributed by atoms with van der Waals surface area (Å²) in [6, 6.07) is 19.6. The highest BCUT2D eigenvalue weighted by Crippen LogP contribution is 2.25. The molecule has 1 N–H and O–H groups in total. The van der Waals surface area contributed by atoms with Crippen LogP contribution in [0.1, 0.15) is 6.92 Å². The van der Waals surface area contributed by atoms with Gasteiger partial charge in [0.05, 0.1) is 4.92 Å². The molecule has 0 aliphatic carbocycles. The number of nitrogens with zero attached hydrogens (tertiary/aromatic N) is 2. The zero-order chi connectivity index (χ0) is 18.7. The van der Waals surface area contributed by atoms with Crippen molar-refractivity contribution < 1.29 is 9.72 Å². The first kappa shape index (κ1) is 17.4. The van der Waals surface area contributed by atoms with Gasteiger partial charge in [-0.25, -0.2) is 0 Å². The van der Waals surface area contributed by atoms with Gasteiger partial charge in [0, 0.05) is 18.8 Å². The number of amides is 1. The van der Waals surface area contributed by atoms with Gasteiger partial charge in [-0.2, -0.15) is 0 Å². The van der Waals surface area contributed by atoms with Crippen LogP contribution in [-0.2, 0) is 4.79 Å². The molecule has 0 radical (unpaired) electrons. The highest BCUT2D eigenvalue weighted by atomic mass is 16.6. The number of hydrogen-bond acceptors (Lipinski definition) is 4. The summed E-state index contributed by atoms with van der Waals surface area (Å²) in [7, 11) is 1.83. The number of nitro benzene ring substituents is 1. The lowest BCUT2D eigenvalue weighted by Gasteiger charge is -2.26. The molecule has 0 saturated carbocycles. The molecule has 3 rings (SSSR count). The van der Waals surface area contributed by atoms with Crippen LogP contribution in [0.25, 0.3) is 10.8 Å². The van der Waals surface area contributed by atoms with Crippen molar-refractivity contribution >= 4 is 33.7 Å². The fourth-order valence-corrected chi connectivity index (χ4v) is 2.77. The second-order valence-corrected chi connectivity index (χ2v) is 6.08. The summed E-state index contributed by atoms with van der Waals surface area (Å²) < 4.78 is 0. The van der Waals surface area contributed by atoms with Crippen molar-refractivity contribution in [2.24, 2.45) is 0 Å². The van der Waals surface area contributed by atoms with Crippen LogP contribution in [0.15, 0.2) is 66.7 Å². The first-order chi connectivity index (χ1) is 12.5. The van der Waals surface area contributed by atoms with E-state index in [1.165, 1.54) is 12.1 Å². The number of hydrogen-bond donors (Lipinski definition) is 1. The molecule has 26 heavy (non-hydrogen) atoms. The molecule has 0 heterocycles. The maximum Gasteiger partial charge on any atom is 0.292 e. The number of nitro groups is 1. The van der Waals surface area contributed by atoms with Gasteiger partial charge in [0.2, 0.25) is 5.91 Å². The highest BCUT2D eigenvalue weighted by Gasteiger charge is 2.22. The standard InChI is InChI=1S/C20H19N3O3/c1-14(20(24)21-18-9-5-6-10-19(18)23(25)26)22(2)17-12-11-15-7-3-4-8-16(15)13-17/h3-14H,1-2H3,(H,21,24). The van der Waals surface area contributed by atoms with Crippen LogP contribution >= 0.6 is 0 Å². The third kappa shape index (κ3) is 3.49. The monoisotopic (exact) mass is 349 g/mol. The summed E-state index contributed by atoms with van der Waals surface area (Å²) in [5.74, 6) is -0.310. The van der Waals surface area contributed by atoms with Gasteiger partial charge in [-0.05, 0) is 35.9 Å². The summed E-state index contributed by atoms with van der Waals surface area (Å²) in [5.41, 5.74) is 0.969. The van der Waals surface area contributed by atoms with Crippen molar-refractivity contribution in [3.8, 4) is 0 Å². The number of carbonyl (C=O) groups is 1. The summed E-state index contributed by atoms with van der Waals surface area (Å²) in [5, 5.41) is 16.0. The fraction of sp³-hybridized carbons (Fsp3) is 0.150. The molecule has 3 aromatic rings.